The fraction of sp³-hybridized carbons (Fsp3) is 0.647. The van der Waals surface area contributed by atoms with E-state index in [-0.39, 0.29) is 0 Å². The molecule has 1 heteroatoms. The van der Waals surface area contributed by atoms with Gasteiger partial charge in [-0.2, -0.15) is 0 Å². The lowest BCUT2D eigenvalue weighted by Gasteiger charge is -2.30. The lowest BCUT2D eigenvalue weighted by Crippen LogP contribution is -2.43. The molecule has 0 heterocycles. The van der Waals surface area contributed by atoms with Crippen molar-refractivity contribution >= 4 is 0 Å². The summed E-state index contributed by atoms with van der Waals surface area (Å²) in [5, 5.41) is 3.94. The molecule has 0 aliphatic heterocycles. The Bertz CT molecular complexity index is 412. The first-order chi connectivity index (χ1) is 8.74. The van der Waals surface area contributed by atoms with Crippen molar-refractivity contribution in [2.45, 2.75) is 58.0 Å². The molecule has 0 aromatic heterocycles. The first-order valence-corrected chi connectivity index (χ1v) is 7.57. The Kier molecular flexibility index (Phi) is 3.43. The standard InChI is InChI=1S/C17H25N/c1-12-7-10-17(13(12)2)18-16-9-8-14-5-3-4-6-15(14)11-16/h3-6,12-13,16-18H,7-11H2,1-2H3. The van der Waals surface area contributed by atoms with Crippen molar-refractivity contribution in [3.8, 4) is 0 Å². The van der Waals surface area contributed by atoms with E-state index in [1.54, 1.807) is 11.1 Å². The lowest BCUT2D eigenvalue weighted by molar-refractivity contribution is 0.322. The van der Waals surface area contributed by atoms with Gasteiger partial charge in [-0.25, -0.2) is 0 Å². The van der Waals surface area contributed by atoms with Crippen LogP contribution in [0, 0.1) is 11.8 Å². The van der Waals surface area contributed by atoms with Crippen LogP contribution in [0.4, 0.5) is 0 Å². The molecule has 18 heavy (non-hydrogen) atoms. The summed E-state index contributed by atoms with van der Waals surface area (Å²) in [4.78, 5) is 0. The number of rotatable bonds is 2. The summed E-state index contributed by atoms with van der Waals surface area (Å²) in [5.74, 6) is 1.75. The van der Waals surface area contributed by atoms with Crippen LogP contribution in [0.5, 0.6) is 0 Å². The fourth-order valence-corrected chi connectivity index (χ4v) is 3.74. The molecule has 0 spiro atoms. The molecule has 98 valence electrons. The molecule has 1 nitrogen and oxygen atoms in total. The molecule has 0 amide bonds. The molecule has 1 fully saturated rings. The van der Waals surface area contributed by atoms with Crippen molar-refractivity contribution < 1.29 is 0 Å². The van der Waals surface area contributed by atoms with E-state index in [0.717, 1.165) is 17.9 Å². The molecular formula is C17H25N. The maximum absolute atomic E-state index is 3.94. The predicted octanol–water partition coefficient (Wildman–Crippen LogP) is 3.57. The Labute approximate surface area is 111 Å². The van der Waals surface area contributed by atoms with Crippen LogP contribution in [0.15, 0.2) is 24.3 Å². The van der Waals surface area contributed by atoms with Crippen LogP contribution in [0.2, 0.25) is 0 Å². The van der Waals surface area contributed by atoms with E-state index in [0.29, 0.717) is 6.04 Å². The summed E-state index contributed by atoms with van der Waals surface area (Å²) in [6.45, 7) is 4.83. The van der Waals surface area contributed by atoms with Gasteiger partial charge in [0.25, 0.3) is 0 Å². The largest absolute Gasteiger partial charge is 0.311 e. The Morgan fingerprint density at radius 3 is 2.50 bits per heavy atom. The van der Waals surface area contributed by atoms with Gasteiger partial charge in [0, 0.05) is 12.1 Å². The van der Waals surface area contributed by atoms with Crippen LogP contribution < -0.4 is 5.32 Å². The van der Waals surface area contributed by atoms with Crippen molar-refractivity contribution in [1.82, 2.24) is 5.32 Å². The molecular weight excluding hydrogens is 218 g/mol. The average Bonchev–Trinajstić information content (AvgIpc) is 2.71. The van der Waals surface area contributed by atoms with E-state index in [4.69, 9.17) is 0 Å². The van der Waals surface area contributed by atoms with Gasteiger partial charge in [-0.1, -0.05) is 38.1 Å². The molecule has 2 aliphatic carbocycles. The van der Waals surface area contributed by atoms with E-state index in [9.17, 15) is 0 Å². The third-order valence-corrected chi connectivity index (χ3v) is 5.26. The van der Waals surface area contributed by atoms with E-state index in [1.165, 1.54) is 32.1 Å². The van der Waals surface area contributed by atoms with Gasteiger partial charge in [-0.15, -0.1) is 0 Å². The summed E-state index contributed by atoms with van der Waals surface area (Å²) in [5.41, 5.74) is 3.14. The summed E-state index contributed by atoms with van der Waals surface area (Å²) < 4.78 is 0. The molecule has 1 aromatic carbocycles. The number of nitrogens with one attached hydrogen (secondary N) is 1. The first-order valence-electron chi connectivity index (χ1n) is 7.57. The number of hydrogen-bond donors (Lipinski definition) is 1. The van der Waals surface area contributed by atoms with Crippen molar-refractivity contribution in [3.05, 3.63) is 35.4 Å². The van der Waals surface area contributed by atoms with Crippen molar-refractivity contribution in [3.63, 3.8) is 0 Å². The Morgan fingerprint density at radius 1 is 1.00 bits per heavy atom. The third-order valence-electron chi connectivity index (χ3n) is 5.26. The van der Waals surface area contributed by atoms with Gasteiger partial charge >= 0.3 is 0 Å². The van der Waals surface area contributed by atoms with Gasteiger partial charge in [0.1, 0.15) is 0 Å². The smallest absolute Gasteiger partial charge is 0.0113 e. The van der Waals surface area contributed by atoms with Crippen LogP contribution >= 0.6 is 0 Å². The van der Waals surface area contributed by atoms with Gasteiger partial charge in [0.15, 0.2) is 0 Å². The summed E-state index contributed by atoms with van der Waals surface area (Å²) >= 11 is 0. The molecule has 1 aromatic rings. The highest BCUT2D eigenvalue weighted by Crippen LogP contribution is 2.32. The molecule has 1 N–H and O–H groups in total. The summed E-state index contributed by atoms with van der Waals surface area (Å²) in [6, 6.07) is 10.4. The molecule has 0 saturated heterocycles. The summed E-state index contributed by atoms with van der Waals surface area (Å²) in [7, 11) is 0. The molecule has 2 aliphatic rings. The SMILES string of the molecule is CC1CCC(NC2CCc3ccccc3C2)C1C. The molecule has 4 unspecified atom stereocenters. The molecule has 0 radical (unpaired) electrons. The van der Waals surface area contributed by atoms with Gasteiger partial charge in [0.2, 0.25) is 0 Å². The summed E-state index contributed by atoms with van der Waals surface area (Å²) in [6.07, 6.45) is 6.58. The van der Waals surface area contributed by atoms with Crippen LogP contribution in [0.1, 0.15) is 44.2 Å². The van der Waals surface area contributed by atoms with Gasteiger partial charge in [-0.3, -0.25) is 0 Å². The van der Waals surface area contributed by atoms with Gasteiger partial charge < -0.3 is 5.32 Å². The Morgan fingerprint density at radius 2 is 1.78 bits per heavy atom. The normalized spacial score (nSPS) is 35.4. The monoisotopic (exact) mass is 243 g/mol. The second-order valence-corrected chi connectivity index (χ2v) is 6.40. The Hall–Kier alpha value is -0.820. The van der Waals surface area contributed by atoms with E-state index >= 15 is 0 Å². The number of fused-ring (bicyclic) bond motifs is 1. The van der Waals surface area contributed by atoms with E-state index < -0.39 is 0 Å². The zero-order chi connectivity index (χ0) is 12.5. The first kappa shape index (κ1) is 12.2. The molecule has 0 bridgehead atoms. The van der Waals surface area contributed by atoms with Crippen molar-refractivity contribution in [1.29, 1.82) is 0 Å². The van der Waals surface area contributed by atoms with Crippen molar-refractivity contribution in [2.24, 2.45) is 11.8 Å². The van der Waals surface area contributed by atoms with E-state index in [2.05, 4.69) is 43.4 Å². The van der Waals surface area contributed by atoms with Crippen LogP contribution in [-0.4, -0.2) is 12.1 Å². The highest BCUT2D eigenvalue weighted by Gasteiger charge is 2.31. The van der Waals surface area contributed by atoms with Crippen LogP contribution in [0.3, 0.4) is 0 Å². The second-order valence-electron chi connectivity index (χ2n) is 6.40. The van der Waals surface area contributed by atoms with Crippen LogP contribution in [0.25, 0.3) is 0 Å². The maximum Gasteiger partial charge on any atom is 0.0113 e. The number of hydrogen-bond acceptors (Lipinski definition) is 1. The van der Waals surface area contributed by atoms with E-state index in [1.807, 2.05) is 0 Å². The quantitative estimate of drug-likeness (QED) is 0.837. The topological polar surface area (TPSA) is 12.0 Å². The van der Waals surface area contributed by atoms with Gasteiger partial charge in [0.05, 0.1) is 0 Å². The maximum atomic E-state index is 3.94. The lowest BCUT2D eigenvalue weighted by atomic mass is 9.87. The highest BCUT2D eigenvalue weighted by molar-refractivity contribution is 5.30. The molecule has 1 saturated carbocycles. The second kappa shape index (κ2) is 5.05. The minimum Gasteiger partial charge on any atom is -0.311 e. The highest BCUT2D eigenvalue weighted by atomic mass is 15.0. The van der Waals surface area contributed by atoms with Gasteiger partial charge in [-0.05, 0) is 55.1 Å². The Balaban J connectivity index is 1.63. The number of benzene rings is 1. The number of aryl methyl sites for hydroxylation is 1. The zero-order valence-corrected chi connectivity index (χ0v) is 11.7. The molecule has 4 atom stereocenters. The fourth-order valence-electron chi connectivity index (χ4n) is 3.74. The zero-order valence-electron chi connectivity index (χ0n) is 11.7. The minimum atomic E-state index is 0.706. The minimum absolute atomic E-state index is 0.706. The van der Waals surface area contributed by atoms with Crippen LogP contribution in [-0.2, 0) is 12.8 Å². The average molecular weight is 243 g/mol. The van der Waals surface area contributed by atoms with Crippen molar-refractivity contribution in [2.75, 3.05) is 0 Å². The molecule has 3 rings (SSSR count). The predicted molar refractivity (Wildman–Crippen MR) is 76.7 cm³/mol. The third kappa shape index (κ3) is 2.33.